The number of aliphatic hydroxyl groups is 1. The number of hydrogen-bond acceptors (Lipinski definition) is 7. The maximum atomic E-state index is 11.1. The quantitative estimate of drug-likeness (QED) is 0.363. The zero-order valence-electron chi connectivity index (χ0n) is 18.2. The van der Waals surface area contributed by atoms with Crippen molar-refractivity contribution in [1.29, 1.82) is 0 Å². The summed E-state index contributed by atoms with van der Waals surface area (Å²) in [4.78, 5) is 24.0. The number of anilines is 2. The molecule has 0 aliphatic rings. The first-order valence-corrected chi connectivity index (χ1v) is 10.7. The summed E-state index contributed by atoms with van der Waals surface area (Å²) in [6.07, 6.45) is 3.12. The average molecular weight is 474 g/mol. The summed E-state index contributed by atoms with van der Waals surface area (Å²) < 4.78 is 5.82. The second kappa shape index (κ2) is 10.6. The summed E-state index contributed by atoms with van der Waals surface area (Å²) in [5.41, 5.74) is 3.10. The van der Waals surface area contributed by atoms with E-state index in [9.17, 15) is 4.79 Å². The Labute approximate surface area is 201 Å². The number of ether oxygens (including phenoxy) is 1. The fourth-order valence-electron chi connectivity index (χ4n) is 3.02. The molecule has 0 radical (unpaired) electrons. The van der Waals surface area contributed by atoms with Crippen LogP contribution in [0.4, 0.5) is 11.5 Å². The number of aliphatic hydroxyl groups excluding tert-OH is 1. The van der Waals surface area contributed by atoms with Crippen molar-refractivity contribution in [2.45, 2.75) is 6.92 Å². The first-order valence-electron chi connectivity index (χ1n) is 10.3. The van der Waals surface area contributed by atoms with Crippen molar-refractivity contribution in [3.05, 3.63) is 77.3 Å². The van der Waals surface area contributed by atoms with Crippen LogP contribution < -0.4 is 15.4 Å². The van der Waals surface area contributed by atoms with Gasteiger partial charge in [0.2, 0.25) is 5.91 Å². The monoisotopic (exact) mass is 473 g/mol. The van der Waals surface area contributed by atoms with Gasteiger partial charge in [-0.2, -0.15) is 0 Å². The number of halogens is 1. The first-order chi connectivity index (χ1) is 16.5. The number of carbonyl (C=O) groups excluding carboxylic acids is 1. The third-order valence-electron chi connectivity index (χ3n) is 4.69. The van der Waals surface area contributed by atoms with E-state index in [-0.39, 0.29) is 6.54 Å². The average Bonchev–Trinajstić information content (AvgIpc) is 2.85. The van der Waals surface area contributed by atoms with Crippen LogP contribution in [0.5, 0.6) is 11.5 Å². The molecule has 0 saturated heterocycles. The molecule has 3 N–H and O–H groups in total. The smallest absolute Gasteiger partial charge is 0.246 e. The topological polar surface area (TPSA) is 109 Å². The van der Waals surface area contributed by atoms with Gasteiger partial charge >= 0.3 is 0 Å². The summed E-state index contributed by atoms with van der Waals surface area (Å²) in [6.45, 7) is 1.48. The van der Waals surface area contributed by atoms with Crippen LogP contribution >= 0.6 is 11.6 Å². The number of fused-ring (bicyclic) bond motifs is 1. The molecule has 9 heteroatoms. The number of amides is 1. The summed E-state index contributed by atoms with van der Waals surface area (Å²) in [5.74, 6) is 7.05. The lowest BCUT2D eigenvalue weighted by molar-refractivity contribution is -0.123. The Hall–Kier alpha value is -4.19. The van der Waals surface area contributed by atoms with Crippen LogP contribution in [-0.4, -0.2) is 39.1 Å². The van der Waals surface area contributed by atoms with Crippen LogP contribution in [0.2, 0.25) is 5.02 Å². The van der Waals surface area contributed by atoms with Crippen LogP contribution in [0.15, 0.2) is 61.1 Å². The number of aryl methyl sites for hydroxylation is 1. The number of benzene rings is 2. The zero-order chi connectivity index (χ0) is 23.9. The van der Waals surface area contributed by atoms with Crippen molar-refractivity contribution in [3.8, 4) is 23.3 Å². The highest BCUT2D eigenvalue weighted by Gasteiger charge is 2.09. The fourth-order valence-corrected chi connectivity index (χ4v) is 3.24. The second-order valence-electron chi connectivity index (χ2n) is 7.20. The molecule has 34 heavy (non-hydrogen) atoms. The van der Waals surface area contributed by atoms with Crippen molar-refractivity contribution < 1.29 is 14.6 Å². The molecule has 2 aromatic heterocycles. The highest BCUT2D eigenvalue weighted by Crippen LogP contribution is 2.33. The molecule has 4 aromatic rings. The summed E-state index contributed by atoms with van der Waals surface area (Å²) in [7, 11) is 0. The molecule has 1 amide bonds. The molecule has 8 nitrogen and oxygen atoms in total. The minimum Gasteiger partial charge on any atom is -0.454 e. The van der Waals surface area contributed by atoms with Gasteiger partial charge in [0, 0.05) is 22.3 Å². The van der Waals surface area contributed by atoms with E-state index in [1.807, 2.05) is 43.3 Å². The molecule has 0 fully saturated rings. The standard InChI is InChI=1S/C25H20ClN5O3/c1-16-4-7-19(13-28-16)34-23-9-6-18(12-21(23)26)31-25-20-11-17(3-2-10-27-24(33)14-32)5-8-22(20)29-15-30-25/h4-9,11-13,15,32H,10,14H2,1H3,(H,27,33)(H,29,30,31). The SMILES string of the molecule is Cc1ccc(Oc2ccc(Nc3ncnc4ccc(C#CCNC(=O)CO)cc34)cc2Cl)cn1. The zero-order valence-corrected chi connectivity index (χ0v) is 18.9. The minimum atomic E-state index is -0.565. The highest BCUT2D eigenvalue weighted by atomic mass is 35.5. The molecular weight excluding hydrogens is 454 g/mol. The molecule has 4 rings (SSSR count). The normalized spacial score (nSPS) is 10.3. The third-order valence-corrected chi connectivity index (χ3v) is 4.99. The minimum absolute atomic E-state index is 0.138. The Kier molecular flexibility index (Phi) is 7.18. The van der Waals surface area contributed by atoms with Gasteiger partial charge in [-0.3, -0.25) is 9.78 Å². The van der Waals surface area contributed by atoms with Gasteiger partial charge in [0.1, 0.15) is 30.3 Å². The van der Waals surface area contributed by atoms with Gasteiger partial charge < -0.3 is 20.5 Å². The second-order valence-corrected chi connectivity index (χ2v) is 7.61. The molecule has 0 unspecified atom stereocenters. The van der Waals surface area contributed by atoms with Crippen molar-refractivity contribution in [3.63, 3.8) is 0 Å². The van der Waals surface area contributed by atoms with E-state index in [1.165, 1.54) is 6.33 Å². The number of nitrogens with zero attached hydrogens (tertiary/aromatic N) is 3. The molecule has 170 valence electrons. The molecule has 0 aliphatic carbocycles. The Morgan fingerprint density at radius 1 is 1.12 bits per heavy atom. The van der Waals surface area contributed by atoms with Gasteiger partial charge in [-0.1, -0.05) is 23.4 Å². The van der Waals surface area contributed by atoms with Crippen LogP contribution in [-0.2, 0) is 4.79 Å². The number of hydrogen-bond donors (Lipinski definition) is 3. The van der Waals surface area contributed by atoms with Gasteiger partial charge in [0.15, 0.2) is 0 Å². The van der Waals surface area contributed by atoms with Gasteiger partial charge in [0.05, 0.1) is 23.3 Å². The predicted octanol–water partition coefficient (Wildman–Crippen LogP) is 3.98. The van der Waals surface area contributed by atoms with Crippen molar-refractivity contribution >= 4 is 39.9 Å². The van der Waals surface area contributed by atoms with Crippen molar-refractivity contribution in [2.75, 3.05) is 18.5 Å². The summed E-state index contributed by atoms with van der Waals surface area (Å²) in [6, 6.07) is 14.6. The molecule has 0 bridgehead atoms. The van der Waals surface area contributed by atoms with E-state index in [1.54, 1.807) is 18.3 Å². The van der Waals surface area contributed by atoms with E-state index in [4.69, 9.17) is 21.4 Å². The molecule has 0 aliphatic heterocycles. The maximum absolute atomic E-state index is 11.1. The summed E-state index contributed by atoms with van der Waals surface area (Å²) in [5, 5.41) is 15.7. The number of carbonyl (C=O) groups is 1. The molecular formula is C25H20ClN5O3. The summed E-state index contributed by atoms with van der Waals surface area (Å²) >= 11 is 6.44. The van der Waals surface area contributed by atoms with Gasteiger partial charge in [-0.25, -0.2) is 9.97 Å². The van der Waals surface area contributed by atoms with Gasteiger partial charge in [-0.05, 0) is 55.5 Å². The lowest BCUT2D eigenvalue weighted by Gasteiger charge is -2.11. The first kappa shape index (κ1) is 23.0. The van der Waals surface area contributed by atoms with E-state index >= 15 is 0 Å². The van der Waals surface area contributed by atoms with Crippen LogP contribution in [0, 0.1) is 18.8 Å². The van der Waals surface area contributed by atoms with Crippen LogP contribution in [0.1, 0.15) is 11.3 Å². The Bertz CT molecular complexity index is 1400. The van der Waals surface area contributed by atoms with Crippen LogP contribution in [0.3, 0.4) is 0 Å². The maximum Gasteiger partial charge on any atom is 0.246 e. The number of rotatable bonds is 6. The molecule has 0 saturated carbocycles. The van der Waals surface area contributed by atoms with E-state index in [2.05, 4.69) is 37.4 Å². The lowest BCUT2D eigenvalue weighted by Crippen LogP contribution is -2.26. The van der Waals surface area contributed by atoms with Crippen molar-refractivity contribution in [1.82, 2.24) is 20.3 Å². The molecule has 0 spiro atoms. The Balaban J connectivity index is 1.53. The number of aromatic nitrogens is 3. The van der Waals surface area contributed by atoms with Crippen molar-refractivity contribution in [2.24, 2.45) is 0 Å². The highest BCUT2D eigenvalue weighted by molar-refractivity contribution is 6.32. The predicted molar refractivity (Wildman–Crippen MR) is 130 cm³/mol. The number of nitrogens with one attached hydrogen (secondary N) is 2. The van der Waals surface area contributed by atoms with E-state index < -0.39 is 12.5 Å². The third kappa shape index (κ3) is 5.78. The Morgan fingerprint density at radius 3 is 2.76 bits per heavy atom. The largest absolute Gasteiger partial charge is 0.454 e. The Morgan fingerprint density at radius 2 is 2.00 bits per heavy atom. The number of pyridine rings is 1. The van der Waals surface area contributed by atoms with Gasteiger partial charge in [0.25, 0.3) is 0 Å². The van der Waals surface area contributed by atoms with Gasteiger partial charge in [-0.15, -0.1) is 0 Å². The van der Waals surface area contributed by atoms with E-state index in [0.29, 0.717) is 22.3 Å². The molecule has 0 atom stereocenters. The lowest BCUT2D eigenvalue weighted by atomic mass is 10.1. The fraction of sp³-hybridized carbons (Fsp3) is 0.120. The van der Waals surface area contributed by atoms with E-state index in [0.717, 1.165) is 27.8 Å². The molecule has 2 heterocycles. The molecule has 2 aromatic carbocycles. The van der Waals surface area contributed by atoms with Crippen LogP contribution in [0.25, 0.3) is 10.9 Å².